The molecule has 4 heteroatoms. The molecule has 1 N–H and O–H groups in total. The van der Waals surface area contributed by atoms with Crippen molar-refractivity contribution in [2.75, 3.05) is 13.1 Å². The topological polar surface area (TPSA) is 48.5 Å². The van der Waals surface area contributed by atoms with Crippen LogP contribution in [0.15, 0.2) is 42.1 Å². The molecule has 0 aliphatic carbocycles. The zero-order chi connectivity index (χ0) is 21.7. The van der Waals surface area contributed by atoms with Gasteiger partial charge in [-0.2, -0.15) is 0 Å². The van der Waals surface area contributed by atoms with Crippen LogP contribution in [-0.4, -0.2) is 35.6 Å². The number of terminal acetylenes is 1. The lowest BCUT2D eigenvalue weighted by molar-refractivity contribution is -0.125. The van der Waals surface area contributed by atoms with Crippen molar-refractivity contribution in [3.63, 3.8) is 0 Å². The maximum Gasteiger partial charge on any atom is 0.245 e. The number of aryl methyl sites for hydroxylation is 2. The summed E-state index contributed by atoms with van der Waals surface area (Å²) >= 11 is 0. The molecule has 1 amide bonds. The molecule has 1 saturated heterocycles. The average molecular weight is 382 g/mol. The summed E-state index contributed by atoms with van der Waals surface area (Å²) in [6, 6.07) is 2.05. The van der Waals surface area contributed by atoms with Crippen molar-refractivity contribution in [1.82, 2.24) is 9.88 Å². The highest BCUT2D eigenvalue weighted by Crippen LogP contribution is 2.22. The molecule has 1 aliphatic heterocycles. The van der Waals surface area contributed by atoms with Gasteiger partial charge in [0.15, 0.2) is 0 Å². The van der Waals surface area contributed by atoms with Gasteiger partial charge in [0.2, 0.25) is 5.91 Å². The van der Waals surface area contributed by atoms with Crippen LogP contribution in [0.5, 0.6) is 0 Å². The number of nitrogens with zero attached hydrogens (tertiary/aromatic N) is 2. The van der Waals surface area contributed by atoms with Crippen molar-refractivity contribution in [3.05, 3.63) is 54.0 Å². The van der Waals surface area contributed by atoms with Gasteiger partial charge in [-0.1, -0.05) is 46.8 Å². The summed E-state index contributed by atoms with van der Waals surface area (Å²) in [5.41, 5.74) is 4.81. The second-order valence-corrected chi connectivity index (χ2v) is 6.43. The summed E-state index contributed by atoms with van der Waals surface area (Å²) in [4.78, 5) is 19.8. The van der Waals surface area contributed by atoms with E-state index < -0.39 is 0 Å². The van der Waals surface area contributed by atoms with Crippen molar-refractivity contribution < 1.29 is 4.79 Å². The SMILES string of the molecule is C#C/C(=C/N=C)C(=C)c1cc(C)c(CC)[nH]1.C=CC(=O)N1CCC(C)C1.CC. The van der Waals surface area contributed by atoms with E-state index in [1.807, 2.05) is 18.7 Å². The van der Waals surface area contributed by atoms with E-state index in [1.54, 1.807) is 6.20 Å². The van der Waals surface area contributed by atoms with Gasteiger partial charge in [-0.3, -0.25) is 9.79 Å². The molecule has 0 spiro atoms. The van der Waals surface area contributed by atoms with Crippen LogP contribution < -0.4 is 0 Å². The summed E-state index contributed by atoms with van der Waals surface area (Å²) in [6.07, 6.45) is 10.4. The highest BCUT2D eigenvalue weighted by molar-refractivity contribution is 5.87. The predicted octanol–water partition coefficient (Wildman–Crippen LogP) is 5.18. The normalized spacial score (nSPS) is 15.4. The van der Waals surface area contributed by atoms with Crippen LogP contribution in [0.1, 0.15) is 51.1 Å². The molecule has 28 heavy (non-hydrogen) atoms. The number of aromatic nitrogens is 1. The number of H-pyrrole nitrogens is 1. The number of hydrogen-bond donors (Lipinski definition) is 1. The van der Waals surface area contributed by atoms with Gasteiger partial charge in [0.1, 0.15) is 0 Å². The molecule has 1 aromatic rings. The number of allylic oxidation sites excluding steroid dienone is 2. The summed E-state index contributed by atoms with van der Waals surface area (Å²) in [6.45, 7) is 23.0. The molecule has 0 bridgehead atoms. The summed E-state index contributed by atoms with van der Waals surface area (Å²) in [5, 5.41) is 0. The third-order valence-electron chi connectivity index (χ3n) is 4.41. The summed E-state index contributed by atoms with van der Waals surface area (Å²) in [5.74, 6) is 3.30. The summed E-state index contributed by atoms with van der Waals surface area (Å²) < 4.78 is 0. The molecule has 0 saturated carbocycles. The number of hydrogen-bond acceptors (Lipinski definition) is 2. The van der Waals surface area contributed by atoms with Crippen LogP contribution in [0.3, 0.4) is 0 Å². The Morgan fingerprint density at radius 1 is 1.50 bits per heavy atom. The van der Waals surface area contributed by atoms with Gasteiger partial charge >= 0.3 is 0 Å². The first kappa shape index (κ1) is 25.2. The van der Waals surface area contributed by atoms with Crippen LogP contribution in [-0.2, 0) is 11.2 Å². The Hall–Kier alpha value is -2.80. The maximum absolute atomic E-state index is 11.0. The molecule has 2 rings (SSSR count). The fourth-order valence-electron chi connectivity index (χ4n) is 2.83. The molecule has 152 valence electrons. The minimum absolute atomic E-state index is 0.0735. The monoisotopic (exact) mass is 381 g/mol. The Kier molecular flexibility index (Phi) is 12.0. The van der Waals surface area contributed by atoms with Gasteiger partial charge in [0, 0.05) is 36.3 Å². The fraction of sp³-hybridized carbons (Fsp3) is 0.417. The van der Waals surface area contributed by atoms with Gasteiger partial charge < -0.3 is 9.88 Å². The van der Waals surface area contributed by atoms with Gasteiger partial charge in [-0.05, 0) is 50.1 Å². The number of amides is 1. The van der Waals surface area contributed by atoms with E-state index in [2.05, 4.69) is 62.6 Å². The molecule has 0 radical (unpaired) electrons. The standard InChI is InChI=1S/C14H16N2.C8H13NO.C2H6/c1-6-12(9-15-5)11(4)14-8-10(3)13(7-2)16-14;1-3-8(10)9-5-4-7(2)6-9;1-2/h1,8-9,16H,4-5,7H2,2-3H3;3,7H,1,4-6H2,2H3;1-2H3/b12-9-;;. The lowest BCUT2D eigenvalue weighted by Crippen LogP contribution is -2.26. The second kappa shape index (κ2) is 13.4. The van der Waals surface area contributed by atoms with Crippen LogP contribution in [0, 0.1) is 25.2 Å². The van der Waals surface area contributed by atoms with Crippen molar-refractivity contribution >= 4 is 18.2 Å². The van der Waals surface area contributed by atoms with Gasteiger partial charge in [-0.15, -0.1) is 6.42 Å². The minimum Gasteiger partial charge on any atom is -0.358 e. The van der Waals surface area contributed by atoms with Crippen LogP contribution in [0.4, 0.5) is 0 Å². The van der Waals surface area contributed by atoms with E-state index in [4.69, 9.17) is 6.42 Å². The number of aromatic amines is 1. The Bertz CT molecular complexity index is 746. The van der Waals surface area contributed by atoms with Gasteiger partial charge in [-0.25, -0.2) is 0 Å². The first-order chi connectivity index (χ1) is 13.4. The van der Waals surface area contributed by atoms with E-state index in [-0.39, 0.29) is 5.91 Å². The van der Waals surface area contributed by atoms with Crippen molar-refractivity contribution in [3.8, 4) is 12.3 Å². The quantitative estimate of drug-likeness (QED) is 0.325. The number of carbonyl (C=O) groups excluding carboxylic acids is 1. The third-order valence-corrected chi connectivity index (χ3v) is 4.41. The van der Waals surface area contributed by atoms with Crippen molar-refractivity contribution in [2.24, 2.45) is 10.9 Å². The van der Waals surface area contributed by atoms with Crippen LogP contribution in [0.25, 0.3) is 5.57 Å². The molecule has 1 fully saturated rings. The van der Waals surface area contributed by atoms with Crippen LogP contribution in [0.2, 0.25) is 0 Å². The zero-order valence-electron chi connectivity index (χ0n) is 18.1. The van der Waals surface area contributed by atoms with Gasteiger partial charge in [0.05, 0.1) is 5.57 Å². The largest absolute Gasteiger partial charge is 0.358 e. The minimum atomic E-state index is 0.0735. The number of likely N-dealkylation sites (tertiary alicyclic amines) is 1. The smallest absolute Gasteiger partial charge is 0.245 e. The van der Waals surface area contributed by atoms with E-state index in [1.165, 1.54) is 17.3 Å². The molecule has 1 atom stereocenters. The molecule has 4 nitrogen and oxygen atoms in total. The zero-order valence-corrected chi connectivity index (χ0v) is 18.1. The average Bonchev–Trinajstić information content (AvgIpc) is 3.32. The molecule has 1 aromatic heterocycles. The highest BCUT2D eigenvalue weighted by atomic mass is 16.2. The maximum atomic E-state index is 11.0. The van der Waals surface area contributed by atoms with E-state index in [0.29, 0.717) is 11.5 Å². The molecule has 2 heterocycles. The second-order valence-electron chi connectivity index (χ2n) is 6.43. The fourth-order valence-corrected chi connectivity index (χ4v) is 2.83. The Morgan fingerprint density at radius 2 is 2.14 bits per heavy atom. The third kappa shape index (κ3) is 7.44. The van der Waals surface area contributed by atoms with Crippen LogP contribution >= 0.6 is 0 Å². The molecule has 1 unspecified atom stereocenters. The predicted molar refractivity (Wildman–Crippen MR) is 122 cm³/mol. The Balaban J connectivity index is 0.000000520. The van der Waals surface area contributed by atoms with E-state index in [0.717, 1.165) is 37.2 Å². The van der Waals surface area contributed by atoms with E-state index in [9.17, 15) is 4.79 Å². The molecule has 0 aromatic carbocycles. The first-order valence-electron chi connectivity index (χ1n) is 9.79. The number of rotatable bonds is 5. The number of aliphatic imine (C=N–C) groups is 1. The van der Waals surface area contributed by atoms with E-state index >= 15 is 0 Å². The molecule has 1 aliphatic rings. The number of carbonyl (C=O) groups is 1. The van der Waals surface area contributed by atoms with Crippen molar-refractivity contribution in [2.45, 2.75) is 47.5 Å². The Morgan fingerprint density at radius 3 is 2.54 bits per heavy atom. The van der Waals surface area contributed by atoms with Gasteiger partial charge in [0.25, 0.3) is 0 Å². The number of nitrogens with one attached hydrogen (secondary N) is 1. The summed E-state index contributed by atoms with van der Waals surface area (Å²) in [7, 11) is 0. The lowest BCUT2D eigenvalue weighted by atomic mass is 10.1. The highest BCUT2D eigenvalue weighted by Gasteiger charge is 2.20. The molecular weight excluding hydrogens is 346 g/mol. The lowest BCUT2D eigenvalue weighted by Gasteiger charge is -2.11. The first-order valence-corrected chi connectivity index (χ1v) is 9.79. The molecular formula is C24H35N3O. The Labute approximate surface area is 171 Å². The van der Waals surface area contributed by atoms with Crippen molar-refractivity contribution in [1.29, 1.82) is 0 Å².